The summed E-state index contributed by atoms with van der Waals surface area (Å²) in [6.45, 7) is 7.33. The van der Waals surface area contributed by atoms with Gasteiger partial charge in [-0.3, -0.25) is 9.59 Å². The molecule has 0 saturated carbocycles. The third kappa shape index (κ3) is 9.15. The highest BCUT2D eigenvalue weighted by Crippen LogP contribution is 2.27. The van der Waals surface area contributed by atoms with Crippen molar-refractivity contribution in [1.82, 2.24) is 0 Å². The second kappa shape index (κ2) is 12.9. The fraction of sp³-hybridized carbons (Fsp3) is 0.300. The van der Waals surface area contributed by atoms with Gasteiger partial charge in [0, 0.05) is 17.4 Å². The molecule has 206 valence electrons. The molecule has 0 aliphatic heterocycles. The summed E-state index contributed by atoms with van der Waals surface area (Å²) in [5, 5.41) is 8.45. The van der Waals surface area contributed by atoms with E-state index in [0.29, 0.717) is 28.4 Å². The molecule has 1 unspecified atom stereocenters. The van der Waals surface area contributed by atoms with Gasteiger partial charge < -0.3 is 31.2 Å². The van der Waals surface area contributed by atoms with E-state index in [0.717, 1.165) is 11.1 Å². The lowest BCUT2D eigenvalue weighted by molar-refractivity contribution is -0.155. The number of hydrogen-bond acceptors (Lipinski definition) is 6. The highest BCUT2D eigenvalue weighted by molar-refractivity contribution is 6.01. The summed E-state index contributed by atoms with van der Waals surface area (Å²) < 4.78 is 10.8. The summed E-state index contributed by atoms with van der Waals surface area (Å²) in [6.07, 6.45) is 0.162. The Morgan fingerprint density at radius 3 is 2.21 bits per heavy atom. The van der Waals surface area contributed by atoms with Crippen molar-refractivity contribution in [1.29, 1.82) is 0 Å². The number of aryl methyl sites for hydroxylation is 1. The summed E-state index contributed by atoms with van der Waals surface area (Å²) >= 11 is 0. The Bertz CT molecular complexity index is 1320. The third-order valence-electron chi connectivity index (χ3n) is 5.70. The number of para-hydroxylation sites is 1. The van der Waals surface area contributed by atoms with E-state index >= 15 is 0 Å². The molecule has 0 bridgehead atoms. The molecule has 0 radical (unpaired) electrons. The number of amides is 3. The molecule has 3 amide bonds. The molecule has 3 aromatic rings. The Morgan fingerprint density at radius 2 is 1.56 bits per heavy atom. The summed E-state index contributed by atoms with van der Waals surface area (Å²) in [6, 6.07) is 18.7. The Morgan fingerprint density at radius 1 is 0.897 bits per heavy atom. The van der Waals surface area contributed by atoms with Crippen LogP contribution in [0.3, 0.4) is 0 Å². The van der Waals surface area contributed by atoms with E-state index in [2.05, 4.69) is 16.0 Å². The average Bonchev–Trinajstić information content (AvgIpc) is 2.85. The van der Waals surface area contributed by atoms with E-state index in [1.807, 2.05) is 52.0 Å². The Kier molecular flexibility index (Phi) is 9.68. The molecule has 0 heterocycles. The number of methoxy groups -OCH3 is 1. The van der Waals surface area contributed by atoms with Crippen molar-refractivity contribution < 1.29 is 23.9 Å². The van der Waals surface area contributed by atoms with Gasteiger partial charge in [-0.05, 0) is 74.7 Å². The molecular formula is C30H36N4O5. The minimum absolute atomic E-state index is 0.0587. The standard InChI is InChI=1S/C30H36N4O5/c1-19-8-6-7-9-24(19)33-29(37)34-25-15-10-20(16-26(25)38-5)17-27(35)32-22-13-11-21(12-14-22)23(31)18-28(36)39-30(2,3)4/h6-16,23H,17-18,31H2,1-5H3,(H,32,35)(H2,33,34,37). The van der Waals surface area contributed by atoms with Crippen LogP contribution in [0.5, 0.6) is 5.75 Å². The van der Waals surface area contributed by atoms with Crippen molar-refractivity contribution in [2.24, 2.45) is 5.73 Å². The van der Waals surface area contributed by atoms with Gasteiger partial charge in [0.25, 0.3) is 0 Å². The van der Waals surface area contributed by atoms with E-state index in [4.69, 9.17) is 15.2 Å². The fourth-order valence-electron chi connectivity index (χ4n) is 3.82. The Hall–Kier alpha value is -4.37. The van der Waals surface area contributed by atoms with Gasteiger partial charge in [-0.15, -0.1) is 0 Å². The number of nitrogens with one attached hydrogen (secondary N) is 3. The van der Waals surface area contributed by atoms with Crippen LogP contribution in [0, 0.1) is 6.92 Å². The van der Waals surface area contributed by atoms with E-state index in [1.54, 1.807) is 42.5 Å². The lowest BCUT2D eigenvalue weighted by Gasteiger charge is -2.21. The van der Waals surface area contributed by atoms with Crippen molar-refractivity contribution in [3.8, 4) is 5.75 Å². The zero-order valence-electron chi connectivity index (χ0n) is 23.0. The molecule has 0 aromatic heterocycles. The van der Waals surface area contributed by atoms with Gasteiger partial charge in [0.05, 0.1) is 25.6 Å². The molecule has 0 fully saturated rings. The van der Waals surface area contributed by atoms with E-state index in [-0.39, 0.29) is 24.7 Å². The number of nitrogens with two attached hydrogens (primary N) is 1. The van der Waals surface area contributed by atoms with Gasteiger partial charge in [0.1, 0.15) is 11.4 Å². The van der Waals surface area contributed by atoms with E-state index in [9.17, 15) is 14.4 Å². The molecule has 0 aliphatic rings. The molecule has 9 heteroatoms. The van der Waals surface area contributed by atoms with E-state index in [1.165, 1.54) is 7.11 Å². The number of rotatable bonds is 9. The van der Waals surface area contributed by atoms with Crippen molar-refractivity contribution in [3.63, 3.8) is 0 Å². The first kappa shape index (κ1) is 29.2. The maximum Gasteiger partial charge on any atom is 0.323 e. The van der Waals surface area contributed by atoms with Crippen LogP contribution in [0.4, 0.5) is 21.9 Å². The highest BCUT2D eigenvalue weighted by atomic mass is 16.6. The molecule has 1 atom stereocenters. The fourth-order valence-corrected chi connectivity index (χ4v) is 3.82. The predicted octanol–water partition coefficient (Wildman–Crippen LogP) is 5.56. The first-order valence-electron chi connectivity index (χ1n) is 12.6. The average molecular weight is 533 g/mol. The maximum atomic E-state index is 12.7. The molecule has 0 saturated heterocycles. The summed E-state index contributed by atoms with van der Waals surface area (Å²) in [5.74, 6) is -0.152. The second-order valence-electron chi connectivity index (χ2n) is 10.2. The molecule has 3 aromatic carbocycles. The molecule has 5 N–H and O–H groups in total. The van der Waals surface area contributed by atoms with Gasteiger partial charge in [0.15, 0.2) is 0 Å². The zero-order chi connectivity index (χ0) is 28.6. The van der Waals surface area contributed by atoms with Gasteiger partial charge in [-0.1, -0.05) is 36.4 Å². The van der Waals surface area contributed by atoms with Crippen LogP contribution in [0.1, 0.15) is 49.9 Å². The van der Waals surface area contributed by atoms with Crippen LogP contribution in [-0.4, -0.2) is 30.6 Å². The van der Waals surface area contributed by atoms with Crippen molar-refractivity contribution in [2.75, 3.05) is 23.1 Å². The van der Waals surface area contributed by atoms with Gasteiger partial charge in [-0.2, -0.15) is 0 Å². The number of hydrogen-bond donors (Lipinski definition) is 4. The summed E-state index contributed by atoms with van der Waals surface area (Å²) in [5.41, 5.74) is 9.79. The Labute approximate surface area is 229 Å². The van der Waals surface area contributed by atoms with E-state index < -0.39 is 17.7 Å². The number of esters is 1. The van der Waals surface area contributed by atoms with Crippen LogP contribution in [-0.2, 0) is 20.7 Å². The SMILES string of the molecule is COc1cc(CC(=O)Nc2ccc(C(N)CC(=O)OC(C)(C)C)cc2)ccc1NC(=O)Nc1ccccc1C. The lowest BCUT2D eigenvalue weighted by atomic mass is 10.0. The topological polar surface area (TPSA) is 132 Å². The summed E-state index contributed by atoms with van der Waals surface area (Å²) in [4.78, 5) is 37.2. The number of ether oxygens (including phenoxy) is 2. The normalized spacial score (nSPS) is 11.7. The molecule has 0 aliphatic carbocycles. The quantitative estimate of drug-likeness (QED) is 0.267. The van der Waals surface area contributed by atoms with Crippen LogP contribution >= 0.6 is 0 Å². The van der Waals surface area contributed by atoms with Crippen molar-refractivity contribution in [3.05, 3.63) is 83.4 Å². The first-order valence-corrected chi connectivity index (χ1v) is 12.6. The number of carbonyl (C=O) groups is 3. The lowest BCUT2D eigenvalue weighted by Crippen LogP contribution is -2.26. The molecular weight excluding hydrogens is 496 g/mol. The van der Waals surface area contributed by atoms with Crippen molar-refractivity contribution >= 4 is 35.0 Å². The van der Waals surface area contributed by atoms with Gasteiger partial charge >= 0.3 is 12.0 Å². The Balaban J connectivity index is 1.55. The molecule has 0 spiro atoms. The van der Waals surface area contributed by atoms with Crippen LogP contribution in [0.15, 0.2) is 66.7 Å². The minimum atomic E-state index is -0.567. The minimum Gasteiger partial charge on any atom is -0.495 e. The van der Waals surface area contributed by atoms with Crippen LogP contribution < -0.4 is 26.4 Å². The summed E-state index contributed by atoms with van der Waals surface area (Å²) in [7, 11) is 1.50. The monoisotopic (exact) mass is 532 g/mol. The number of anilines is 3. The van der Waals surface area contributed by atoms with Crippen LogP contribution in [0.25, 0.3) is 0 Å². The van der Waals surface area contributed by atoms with Gasteiger partial charge in [-0.25, -0.2) is 4.79 Å². The van der Waals surface area contributed by atoms with Gasteiger partial charge in [0.2, 0.25) is 5.91 Å². The number of benzene rings is 3. The largest absolute Gasteiger partial charge is 0.495 e. The molecule has 3 rings (SSSR count). The number of urea groups is 1. The zero-order valence-corrected chi connectivity index (χ0v) is 23.0. The molecule has 9 nitrogen and oxygen atoms in total. The smallest absolute Gasteiger partial charge is 0.323 e. The van der Waals surface area contributed by atoms with Crippen LogP contribution in [0.2, 0.25) is 0 Å². The van der Waals surface area contributed by atoms with Crippen molar-refractivity contribution in [2.45, 2.75) is 52.2 Å². The highest BCUT2D eigenvalue weighted by Gasteiger charge is 2.19. The predicted molar refractivity (Wildman–Crippen MR) is 153 cm³/mol. The first-order chi connectivity index (χ1) is 18.4. The molecule has 39 heavy (non-hydrogen) atoms. The number of carbonyl (C=O) groups excluding carboxylic acids is 3. The second-order valence-corrected chi connectivity index (χ2v) is 10.2. The third-order valence-corrected chi connectivity index (χ3v) is 5.70. The maximum absolute atomic E-state index is 12.7.